The van der Waals surface area contributed by atoms with Crippen LogP contribution in [0.25, 0.3) is 0 Å². The lowest BCUT2D eigenvalue weighted by atomic mass is 10.1. The van der Waals surface area contributed by atoms with Crippen molar-refractivity contribution in [3.63, 3.8) is 0 Å². The number of rotatable bonds is 4. The van der Waals surface area contributed by atoms with Crippen molar-refractivity contribution >= 4 is 29.1 Å². The van der Waals surface area contributed by atoms with Crippen LogP contribution in [-0.4, -0.2) is 11.8 Å². The Labute approximate surface area is 134 Å². The number of nitrogens with one attached hydrogen (secondary N) is 2. The van der Waals surface area contributed by atoms with E-state index in [0.717, 1.165) is 17.5 Å². The highest BCUT2D eigenvalue weighted by Crippen LogP contribution is 2.15. The molecule has 2 amide bonds. The van der Waals surface area contributed by atoms with Gasteiger partial charge in [-0.05, 0) is 35.7 Å². The summed E-state index contributed by atoms with van der Waals surface area (Å²) < 4.78 is 0. The number of anilines is 1. The molecule has 2 rings (SSSR count). The number of carbonyl (C=O) groups excluding carboxylic acids is 2. The molecule has 0 aliphatic heterocycles. The van der Waals surface area contributed by atoms with E-state index in [2.05, 4.69) is 10.6 Å². The summed E-state index contributed by atoms with van der Waals surface area (Å²) in [6.07, 6.45) is 0.778. The van der Waals surface area contributed by atoms with Crippen molar-refractivity contribution in [1.82, 2.24) is 5.32 Å². The molecular weight excluding hydrogens is 300 g/mol. The number of carbonyl (C=O) groups is 2. The van der Waals surface area contributed by atoms with E-state index in [1.165, 1.54) is 0 Å². The summed E-state index contributed by atoms with van der Waals surface area (Å²) in [4.78, 5) is 23.8. The molecule has 0 bridgehead atoms. The van der Waals surface area contributed by atoms with Gasteiger partial charge in [-0.1, -0.05) is 48.9 Å². The second-order valence-electron chi connectivity index (χ2n) is 4.78. The first kappa shape index (κ1) is 16.0. The Hall–Kier alpha value is -2.33. The largest absolute Gasteiger partial charge is 0.344 e. The monoisotopic (exact) mass is 316 g/mol. The topological polar surface area (TPSA) is 58.2 Å². The molecule has 0 aromatic heterocycles. The number of halogens is 1. The molecule has 0 fully saturated rings. The zero-order valence-corrected chi connectivity index (χ0v) is 13.0. The third-order valence-electron chi connectivity index (χ3n) is 3.19. The van der Waals surface area contributed by atoms with Gasteiger partial charge in [-0.2, -0.15) is 0 Å². The maximum absolute atomic E-state index is 11.9. The van der Waals surface area contributed by atoms with E-state index in [1.54, 1.807) is 24.3 Å². The molecule has 0 aliphatic rings. The number of hydrogen-bond donors (Lipinski definition) is 2. The van der Waals surface area contributed by atoms with Crippen molar-refractivity contribution in [2.75, 3.05) is 5.32 Å². The summed E-state index contributed by atoms with van der Waals surface area (Å²) >= 11 is 5.87. The zero-order valence-electron chi connectivity index (χ0n) is 12.2. The summed E-state index contributed by atoms with van der Waals surface area (Å²) in [5.41, 5.74) is 2.48. The Bertz CT molecular complexity index is 686. The molecule has 0 heterocycles. The SMILES string of the molecule is CCc1ccccc1NC(=O)C(=O)NCc1cccc(Cl)c1. The molecule has 114 valence electrons. The van der Waals surface area contributed by atoms with E-state index in [9.17, 15) is 9.59 Å². The summed E-state index contributed by atoms with van der Waals surface area (Å²) in [6.45, 7) is 2.24. The molecule has 2 aromatic carbocycles. The van der Waals surface area contributed by atoms with Gasteiger partial charge in [-0.25, -0.2) is 0 Å². The number of benzene rings is 2. The van der Waals surface area contributed by atoms with E-state index in [4.69, 9.17) is 11.6 Å². The molecule has 0 spiro atoms. The molecular formula is C17H17ClN2O2. The molecule has 0 atom stereocenters. The number of para-hydroxylation sites is 1. The van der Waals surface area contributed by atoms with Crippen molar-refractivity contribution in [3.05, 3.63) is 64.7 Å². The predicted molar refractivity (Wildman–Crippen MR) is 87.7 cm³/mol. The van der Waals surface area contributed by atoms with Gasteiger partial charge in [0.05, 0.1) is 0 Å². The van der Waals surface area contributed by atoms with Gasteiger partial charge in [0.2, 0.25) is 0 Å². The second kappa shape index (κ2) is 7.61. The second-order valence-corrected chi connectivity index (χ2v) is 5.21. The fraction of sp³-hybridized carbons (Fsp3) is 0.176. The van der Waals surface area contributed by atoms with E-state index < -0.39 is 11.8 Å². The molecule has 0 radical (unpaired) electrons. The van der Waals surface area contributed by atoms with Gasteiger partial charge in [0.25, 0.3) is 0 Å². The van der Waals surface area contributed by atoms with Gasteiger partial charge >= 0.3 is 11.8 Å². The van der Waals surface area contributed by atoms with Crippen LogP contribution in [0.4, 0.5) is 5.69 Å². The molecule has 2 aromatic rings. The van der Waals surface area contributed by atoms with Crippen molar-refractivity contribution in [3.8, 4) is 0 Å². The highest BCUT2D eigenvalue weighted by atomic mass is 35.5. The molecule has 0 aliphatic carbocycles. The molecule has 4 nitrogen and oxygen atoms in total. The van der Waals surface area contributed by atoms with E-state index >= 15 is 0 Å². The first-order chi connectivity index (χ1) is 10.6. The van der Waals surface area contributed by atoms with Crippen LogP contribution in [0.3, 0.4) is 0 Å². The van der Waals surface area contributed by atoms with Crippen LogP contribution in [0, 0.1) is 0 Å². The Morgan fingerprint density at radius 2 is 1.82 bits per heavy atom. The van der Waals surface area contributed by atoms with Crippen LogP contribution in [0.1, 0.15) is 18.1 Å². The van der Waals surface area contributed by atoms with Crippen LogP contribution in [0.2, 0.25) is 5.02 Å². The van der Waals surface area contributed by atoms with Gasteiger partial charge < -0.3 is 10.6 Å². The van der Waals surface area contributed by atoms with Gasteiger partial charge in [-0.3, -0.25) is 9.59 Å². The van der Waals surface area contributed by atoms with Gasteiger partial charge in [-0.15, -0.1) is 0 Å². The number of aryl methyl sites for hydroxylation is 1. The van der Waals surface area contributed by atoms with Crippen LogP contribution < -0.4 is 10.6 Å². The lowest BCUT2D eigenvalue weighted by Crippen LogP contribution is -2.35. The molecule has 0 unspecified atom stereocenters. The summed E-state index contributed by atoms with van der Waals surface area (Å²) in [5.74, 6) is -1.35. The molecule has 2 N–H and O–H groups in total. The van der Waals surface area contributed by atoms with Crippen LogP contribution in [0.15, 0.2) is 48.5 Å². The third kappa shape index (κ3) is 4.33. The average molecular weight is 317 g/mol. The number of amides is 2. The highest BCUT2D eigenvalue weighted by molar-refractivity contribution is 6.39. The minimum Gasteiger partial charge on any atom is -0.344 e. The average Bonchev–Trinajstić information content (AvgIpc) is 2.53. The zero-order chi connectivity index (χ0) is 15.9. The van der Waals surface area contributed by atoms with Crippen LogP contribution >= 0.6 is 11.6 Å². The first-order valence-corrected chi connectivity index (χ1v) is 7.39. The van der Waals surface area contributed by atoms with E-state index in [0.29, 0.717) is 10.7 Å². The van der Waals surface area contributed by atoms with Crippen molar-refractivity contribution in [1.29, 1.82) is 0 Å². The molecule has 0 saturated heterocycles. The van der Waals surface area contributed by atoms with Crippen LogP contribution in [-0.2, 0) is 22.6 Å². The highest BCUT2D eigenvalue weighted by Gasteiger charge is 2.14. The molecule has 0 saturated carbocycles. The van der Waals surface area contributed by atoms with Gasteiger partial charge in [0.15, 0.2) is 0 Å². The standard InChI is InChI=1S/C17H17ClN2O2/c1-2-13-7-3-4-9-15(13)20-17(22)16(21)19-11-12-6-5-8-14(18)10-12/h3-10H,2,11H2,1H3,(H,19,21)(H,20,22). The van der Waals surface area contributed by atoms with Crippen molar-refractivity contribution < 1.29 is 9.59 Å². The Morgan fingerprint density at radius 3 is 2.55 bits per heavy atom. The van der Waals surface area contributed by atoms with Crippen molar-refractivity contribution in [2.45, 2.75) is 19.9 Å². The van der Waals surface area contributed by atoms with E-state index in [1.807, 2.05) is 31.2 Å². The van der Waals surface area contributed by atoms with Crippen LogP contribution in [0.5, 0.6) is 0 Å². The normalized spacial score (nSPS) is 10.1. The Morgan fingerprint density at radius 1 is 1.05 bits per heavy atom. The predicted octanol–water partition coefficient (Wildman–Crippen LogP) is 3.16. The van der Waals surface area contributed by atoms with Crippen molar-refractivity contribution in [2.24, 2.45) is 0 Å². The maximum Gasteiger partial charge on any atom is 0.313 e. The first-order valence-electron chi connectivity index (χ1n) is 7.01. The smallest absolute Gasteiger partial charge is 0.313 e. The summed E-state index contributed by atoms with van der Waals surface area (Å²) in [5, 5.41) is 5.80. The summed E-state index contributed by atoms with van der Waals surface area (Å²) in [7, 11) is 0. The van der Waals surface area contributed by atoms with E-state index in [-0.39, 0.29) is 6.54 Å². The van der Waals surface area contributed by atoms with Gasteiger partial charge in [0, 0.05) is 17.3 Å². The molecule has 5 heteroatoms. The maximum atomic E-state index is 11.9. The summed E-state index contributed by atoms with van der Waals surface area (Å²) in [6, 6.07) is 14.5. The fourth-order valence-corrected chi connectivity index (χ4v) is 2.25. The Kier molecular flexibility index (Phi) is 5.55. The number of hydrogen-bond acceptors (Lipinski definition) is 2. The quantitative estimate of drug-likeness (QED) is 0.851. The molecule has 22 heavy (non-hydrogen) atoms. The van der Waals surface area contributed by atoms with Gasteiger partial charge in [0.1, 0.15) is 0 Å². The third-order valence-corrected chi connectivity index (χ3v) is 3.43. The Balaban J connectivity index is 1.93. The minimum absolute atomic E-state index is 0.252. The minimum atomic E-state index is -0.678. The lowest BCUT2D eigenvalue weighted by Gasteiger charge is -2.10. The lowest BCUT2D eigenvalue weighted by molar-refractivity contribution is -0.136. The fourth-order valence-electron chi connectivity index (χ4n) is 2.04.